The lowest BCUT2D eigenvalue weighted by atomic mass is 9.78. The third-order valence-corrected chi connectivity index (χ3v) is 4.36. The molecule has 0 amide bonds. The molecule has 4 heteroatoms. The van der Waals surface area contributed by atoms with Crippen LogP contribution in [-0.4, -0.2) is 18.3 Å². The van der Waals surface area contributed by atoms with Crippen LogP contribution < -0.4 is 5.46 Å². The van der Waals surface area contributed by atoms with E-state index in [1.807, 2.05) is 52.0 Å². The highest BCUT2D eigenvalue weighted by Gasteiger charge is 2.51. The molecule has 20 heavy (non-hydrogen) atoms. The Labute approximate surface area is 119 Å². The van der Waals surface area contributed by atoms with Gasteiger partial charge in [-0.05, 0) is 44.6 Å². The Balaban J connectivity index is 2.04. The number of fused-ring (bicyclic) bond motifs is 1. The SMILES string of the molecule is CC1(C)OB(c2cc(F)c3ccccc3c2)OC1(C)C. The van der Waals surface area contributed by atoms with E-state index in [2.05, 4.69) is 0 Å². The number of rotatable bonds is 1. The second-order valence-electron chi connectivity index (χ2n) is 6.31. The fraction of sp³-hybridized carbons (Fsp3) is 0.375. The Bertz CT molecular complexity index is 651. The maximum Gasteiger partial charge on any atom is 0.494 e. The summed E-state index contributed by atoms with van der Waals surface area (Å²) < 4.78 is 26.1. The van der Waals surface area contributed by atoms with Crippen molar-refractivity contribution < 1.29 is 13.7 Å². The van der Waals surface area contributed by atoms with Gasteiger partial charge in [-0.1, -0.05) is 30.3 Å². The molecule has 3 rings (SSSR count). The van der Waals surface area contributed by atoms with Crippen molar-refractivity contribution in [3.63, 3.8) is 0 Å². The molecular formula is C16H18BFO2. The smallest absolute Gasteiger partial charge is 0.399 e. The lowest BCUT2D eigenvalue weighted by Gasteiger charge is -2.32. The second-order valence-corrected chi connectivity index (χ2v) is 6.31. The standard InChI is InChI=1S/C16H18BFO2/c1-15(2)16(3,4)20-17(19-15)12-9-11-7-5-6-8-13(11)14(18)10-12/h5-10H,1-4H3. The summed E-state index contributed by atoms with van der Waals surface area (Å²) in [6.07, 6.45) is 0. The molecule has 2 nitrogen and oxygen atoms in total. The van der Waals surface area contributed by atoms with Gasteiger partial charge in [0, 0.05) is 5.39 Å². The second kappa shape index (κ2) is 4.30. The molecule has 1 heterocycles. The molecule has 1 aliphatic heterocycles. The van der Waals surface area contributed by atoms with Crippen LogP contribution in [0.3, 0.4) is 0 Å². The van der Waals surface area contributed by atoms with E-state index in [9.17, 15) is 4.39 Å². The minimum Gasteiger partial charge on any atom is -0.399 e. The van der Waals surface area contributed by atoms with Crippen LogP contribution in [0.1, 0.15) is 27.7 Å². The molecule has 0 aliphatic carbocycles. The fourth-order valence-corrected chi connectivity index (χ4v) is 2.40. The Kier molecular flexibility index (Phi) is 2.92. The molecule has 0 spiro atoms. The highest BCUT2D eigenvalue weighted by molar-refractivity contribution is 6.62. The molecule has 1 fully saturated rings. The van der Waals surface area contributed by atoms with Crippen molar-refractivity contribution in [1.82, 2.24) is 0 Å². The van der Waals surface area contributed by atoms with Crippen LogP contribution in [-0.2, 0) is 9.31 Å². The van der Waals surface area contributed by atoms with Gasteiger partial charge in [-0.15, -0.1) is 0 Å². The average molecular weight is 272 g/mol. The average Bonchev–Trinajstić information content (AvgIpc) is 2.58. The van der Waals surface area contributed by atoms with Crippen LogP contribution in [0.25, 0.3) is 10.8 Å². The quantitative estimate of drug-likeness (QED) is 0.742. The van der Waals surface area contributed by atoms with Gasteiger partial charge in [0.25, 0.3) is 0 Å². The Morgan fingerprint density at radius 3 is 2.20 bits per heavy atom. The van der Waals surface area contributed by atoms with E-state index in [-0.39, 0.29) is 5.82 Å². The highest BCUT2D eigenvalue weighted by Crippen LogP contribution is 2.36. The van der Waals surface area contributed by atoms with E-state index >= 15 is 0 Å². The zero-order valence-corrected chi connectivity index (χ0v) is 12.2. The van der Waals surface area contributed by atoms with Crippen LogP contribution in [0, 0.1) is 5.82 Å². The normalized spacial score (nSPS) is 20.6. The van der Waals surface area contributed by atoms with Gasteiger partial charge in [0.15, 0.2) is 0 Å². The molecule has 2 aromatic carbocycles. The zero-order valence-electron chi connectivity index (χ0n) is 12.2. The van der Waals surface area contributed by atoms with Gasteiger partial charge in [0.2, 0.25) is 0 Å². The van der Waals surface area contributed by atoms with E-state index in [4.69, 9.17) is 9.31 Å². The van der Waals surface area contributed by atoms with Gasteiger partial charge in [-0.3, -0.25) is 0 Å². The molecule has 0 radical (unpaired) electrons. The molecule has 0 saturated carbocycles. The first-order valence-electron chi connectivity index (χ1n) is 6.84. The molecule has 0 aromatic heterocycles. The summed E-state index contributed by atoms with van der Waals surface area (Å²) in [5.41, 5.74) is -0.112. The molecule has 0 N–H and O–H groups in total. The predicted molar refractivity (Wildman–Crippen MR) is 79.6 cm³/mol. The van der Waals surface area contributed by atoms with Crippen LogP contribution in [0.2, 0.25) is 0 Å². The molecule has 104 valence electrons. The zero-order chi connectivity index (χ0) is 14.5. The van der Waals surface area contributed by atoms with Gasteiger partial charge < -0.3 is 9.31 Å². The summed E-state index contributed by atoms with van der Waals surface area (Å²) in [7, 11) is -0.529. The van der Waals surface area contributed by atoms with Crippen molar-refractivity contribution >= 4 is 23.4 Å². The van der Waals surface area contributed by atoms with Gasteiger partial charge in [-0.25, -0.2) is 4.39 Å². The lowest BCUT2D eigenvalue weighted by Crippen LogP contribution is -2.41. The number of hydrogen-bond donors (Lipinski definition) is 0. The Hall–Kier alpha value is -1.39. The van der Waals surface area contributed by atoms with Gasteiger partial charge in [0.05, 0.1) is 11.2 Å². The summed E-state index contributed by atoms with van der Waals surface area (Å²) in [6, 6.07) is 10.8. The van der Waals surface area contributed by atoms with Crippen LogP contribution in [0.15, 0.2) is 36.4 Å². The van der Waals surface area contributed by atoms with Crippen molar-refractivity contribution in [3.05, 3.63) is 42.2 Å². The van der Waals surface area contributed by atoms with Gasteiger partial charge in [-0.2, -0.15) is 0 Å². The molecule has 0 unspecified atom stereocenters. The molecule has 2 aromatic rings. The van der Waals surface area contributed by atoms with E-state index < -0.39 is 18.3 Å². The predicted octanol–water partition coefficient (Wildman–Crippen LogP) is 3.28. The number of benzene rings is 2. The molecule has 0 atom stereocenters. The minimum absolute atomic E-state index is 0.243. The van der Waals surface area contributed by atoms with E-state index in [0.29, 0.717) is 5.39 Å². The van der Waals surface area contributed by atoms with Crippen molar-refractivity contribution in [2.24, 2.45) is 0 Å². The van der Waals surface area contributed by atoms with Gasteiger partial charge in [0.1, 0.15) is 5.82 Å². The fourth-order valence-electron chi connectivity index (χ4n) is 2.40. The highest BCUT2D eigenvalue weighted by atomic mass is 19.1. The minimum atomic E-state index is -0.529. The maximum absolute atomic E-state index is 14.2. The Morgan fingerprint density at radius 2 is 1.55 bits per heavy atom. The van der Waals surface area contributed by atoms with Crippen LogP contribution >= 0.6 is 0 Å². The van der Waals surface area contributed by atoms with E-state index in [1.165, 1.54) is 6.07 Å². The lowest BCUT2D eigenvalue weighted by molar-refractivity contribution is 0.00578. The number of hydrogen-bond acceptors (Lipinski definition) is 2. The van der Waals surface area contributed by atoms with E-state index in [1.54, 1.807) is 6.07 Å². The van der Waals surface area contributed by atoms with Crippen molar-refractivity contribution in [3.8, 4) is 0 Å². The van der Waals surface area contributed by atoms with Gasteiger partial charge >= 0.3 is 7.12 Å². The summed E-state index contributed by atoms with van der Waals surface area (Å²) >= 11 is 0. The summed E-state index contributed by atoms with van der Waals surface area (Å²) in [5.74, 6) is -0.243. The first kappa shape index (κ1) is 13.6. The van der Waals surface area contributed by atoms with Crippen molar-refractivity contribution in [2.75, 3.05) is 0 Å². The third-order valence-electron chi connectivity index (χ3n) is 4.36. The third kappa shape index (κ3) is 2.04. The summed E-state index contributed by atoms with van der Waals surface area (Å²) in [4.78, 5) is 0. The number of halogens is 1. The molecular weight excluding hydrogens is 254 g/mol. The first-order chi connectivity index (χ1) is 9.30. The summed E-state index contributed by atoms with van der Waals surface area (Å²) in [5, 5.41) is 1.48. The van der Waals surface area contributed by atoms with Crippen molar-refractivity contribution in [1.29, 1.82) is 0 Å². The largest absolute Gasteiger partial charge is 0.494 e. The monoisotopic (exact) mass is 272 g/mol. The topological polar surface area (TPSA) is 18.5 Å². The first-order valence-corrected chi connectivity index (χ1v) is 6.84. The van der Waals surface area contributed by atoms with E-state index in [0.717, 1.165) is 10.8 Å². The van der Waals surface area contributed by atoms with Crippen LogP contribution in [0.5, 0.6) is 0 Å². The molecule has 0 bridgehead atoms. The summed E-state index contributed by atoms with van der Waals surface area (Å²) in [6.45, 7) is 7.96. The van der Waals surface area contributed by atoms with Crippen LogP contribution in [0.4, 0.5) is 4.39 Å². The molecule has 1 saturated heterocycles. The Morgan fingerprint density at radius 1 is 0.950 bits per heavy atom. The van der Waals surface area contributed by atoms with Crippen molar-refractivity contribution in [2.45, 2.75) is 38.9 Å². The maximum atomic E-state index is 14.2. The molecule has 1 aliphatic rings.